The summed E-state index contributed by atoms with van der Waals surface area (Å²) in [5.41, 5.74) is -0.247. The highest BCUT2D eigenvalue weighted by Gasteiger charge is 2.31. The number of amides is 3. The zero-order valence-corrected chi connectivity index (χ0v) is 20.1. The van der Waals surface area contributed by atoms with Crippen LogP contribution in [0.4, 0.5) is 9.93 Å². The predicted molar refractivity (Wildman–Crippen MR) is 120 cm³/mol. The number of allylic oxidation sites excluding steroid dienone is 1. The molecule has 0 radical (unpaired) electrons. The minimum Gasteiger partial charge on any atom is -0.465 e. The van der Waals surface area contributed by atoms with Crippen molar-refractivity contribution in [2.45, 2.75) is 53.0 Å². The van der Waals surface area contributed by atoms with Crippen LogP contribution >= 0.6 is 23.1 Å². The van der Waals surface area contributed by atoms with Crippen molar-refractivity contribution < 1.29 is 29.0 Å². The van der Waals surface area contributed by atoms with Gasteiger partial charge in [-0.2, -0.15) is 0 Å². The van der Waals surface area contributed by atoms with Crippen molar-refractivity contribution in [2.75, 3.05) is 12.4 Å². The van der Waals surface area contributed by atoms with E-state index in [1.165, 1.54) is 44.1 Å². The Bertz CT molecular complexity index is 866. The third-order valence-electron chi connectivity index (χ3n) is 3.72. The maximum absolute atomic E-state index is 11.4. The fraction of sp³-hybridized carbons (Fsp3) is 0.526. The van der Waals surface area contributed by atoms with Gasteiger partial charge in [0.25, 0.3) is 0 Å². The lowest BCUT2D eigenvalue weighted by atomic mass is 10.1. The van der Waals surface area contributed by atoms with Gasteiger partial charge in [0.05, 0.1) is 7.11 Å². The second kappa shape index (κ2) is 11.7. The summed E-state index contributed by atoms with van der Waals surface area (Å²) in [6, 6.07) is 0. The minimum atomic E-state index is -1.06. The lowest BCUT2D eigenvalue weighted by molar-refractivity contribution is -0.119. The topological polar surface area (TPSA) is 138 Å². The lowest BCUT2D eigenvalue weighted by Crippen LogP contribution is -2.42. The summed E-state index contributed by atoms with van der Waals surface area (Å²) in [6.07, 6.45) is 0.509. The number of thiazole rings is 1. The molecular weight excluding hydrogens is 444 g/mol. The number of carbonyl (C=O) groups excluding carboxylic acids is 3. The fourth-order valence-electron chi connectivity index (χ4n) is 2.30. The molecule has 3 amide bonds. The van der Waals surface area contributed by atoms with Crippen molar-refractivity contribution in [3.8, 4) is 0 Å². The normalized spacial score (nSPS) is 15.2. The highest BCUT2D eigenvalue weighted by Crippen LogP contribution is 2.35. The number of aromatic nitrogens is 1. The van der Waals surface area contributed by atoms with Crippen LogP contribution in [-0.4, -0.2) is 51.5 Å². The van der Waals surface area contributed by atoms with Crippen LogP contribution in [-0.2, 0) is 14.3 Å². The number of hydrogen-bond donors (Lipinski definition) is 3. The van der Waals surface area contributed by atoms with Crippen molar-refractivity contribution in [2.24, 2.45) is 5.92 Å². The second-order valence-electron chi connectivity index (χ2n) is 7.11. The first-order valence-electron chi connectivity index (χ1n) is 9.40. The Balaban J connectivity index is 0.000000311. The molecule has 31 heavy (non-hydrogen) atoms. The third-order valence-corrected chi connectivity index (χ3v) is 6.41. The molecule has 1 aliphatic heterocycles. The third kappa shape index (κ3) is 7.87. The van der Waals surface area contributed by atoms with Gasteiger partial charge in [0.2, 0.25) is 11.8 Å². The van der Waals surface area contributed by atoms with Gasteiger partial charge in [0.1, 0.15) is 0 Å². The highest BCUT2D eigenvalue weighted by molar-refractivity contribution is 8.03. The number of thioether (sulfide) groups is 1. The molecule has 0 spiro atoms. The molecule has 0 bridgehead atoms. The van der Waals surface area contributed by atoms with Crippen LogP contribution in [0.15, 0.2) is 11.1 Å². The van der Waals surface area contributed by atoms with Gasteiger partial charge in [-0.15, -0.1) is 11.3 Å². The van der Waals surface area contributed by atoms with Crippen LogP contribution < -0.4 is 10.6 Å². The number of methoxy groups -OCH3 is 1. The maximum atomic E-state index is 11.4. The lowest BCUT2D eigenvalue weighted by Gasteiger charge is -2.19. The van der Waals surface area contributed by atoms with Crippen molar-refractivity contribution >= 4 is 52.1 Å². The van der Waals surface area contributed by atoms with Crippen LogP contribution in [0.3, 0.4) is 0 Å². The molecule has 0 aliphatic carbocycles. The predicted octanol–water partition coefficient (Wildman–Crippen LogP) is 3.64. The summed E-state index contributed by atoms with van der Waals surface area (Å²) in [7, 11) is 1.31. The molecule has 0 aromatic carbocycles. The molecule has 1 aromatic rings. The number of hydrogen-bond acceptors (Lipinski definition) is 8. The van der Waals surface area contributed by atoms with E-state index >= 15 is 0 Å². The standard InChI is InChI=1S/C10H14N2O3S.C9H14N2O3S/c1-5(2)8-7(9(14)15-4)12-10(16-8)11-6(3)13;1-5(2)7-4-11(9(13)14)8(15-7)10-6(3)12/h5H,1-4H3,(H,11,12,13);4-5,8H,1-3H3,(H,10,12)(H,13,14). The second-order valence-corrected chi connectivity index (χ2v) is 9.29. The van der Waals surface area contributed by atoms with E-state index in [9.17, 15) is 19.2 Å². The molecule has 172 valence electrons. The van der Waals surface area contributed by atoms with Crippen molar-refractivity contribution in [3.05, 3.63) is 21.7 Å². The van der Waals surface area contributed by atoms with Crippen molar-refractivity contribution in [1.29, 1.82) is 0 Å². The van der Waals surface area contributed by atoms with Gasteiger partial charge in [0.15, 0.2) is 16.3 Å². The summed E-state index contributed by atoms with van der Waals surface area (Å²) in [5, 5.41) is 14.5. The van der Waals surface area contributed by atoms with Gasteiger partial charge in [-0.25, -0.2) is 14.6 Å². The molecule has 2 heterocycles. The Hall–Kier alpha value is -2.60. The van der Waals surface area contributed by atoms with Gasteiger partial charge >= 0.3 is 12.1 Å². The van der Waals surface area contributed by atoms with E-state index < -0.39 is 17.6 Å². The first-order chi connectivity index (χ1) is 14.4. The van der Waals surface area contributed by atoms with E-state index in [4.69, 9.17) is 5.11 Å². The summed E-state index contributed by atoms with van der Waals surface area (Å²) in [6.45, 7) is 10.6. The highest BCUT2D eigenvalue weighted by atomic mass is 32.2. The number of anilines is 1. The van der Waals surface area contributed by atoms with Crippen molar-refractivity contribution in [3.63, 3.8) is 0 Å². The van der Waals surface area contributed by atoms with Gasteiger partial charge in [-0.1, -0.05) is 39.5 Å². The average molecular weight is 473 g/mol. The molecule has 0 saturated carbocycles. The van der Waals surface area contributed by atoms with Crippen LogP contribution in [0, 0.1) is 5.92 Å². The Kier molecular flexibility index (Phi) is 9.98. The van der Waals surface area contributed by atoms with Gasteiger partial charge in [0, 0.05) is 29.8 Å². The summed E-state index contributed by atoms with van der Waals surface area (Å²) < 4.78 is 4.64. The molecule has 12 heteroatoms. The molecule has 2 rings (SSSR count). The smallest absolute Gasteiger partial charge is 0.413 e. The number of carboxylic acid groups (broad SMARTS) is 1. The Morgan fingerprint density at radius 3 is 2.16 bits per heavy atom. The molecular formula is C19H28N4O6S2. The zero-order valence-electron chi connectivity index (χ0n) is 18.5. The molecule has 1 atom stereocenters. The molecule has 10 nitrogen and oxygen atoms in total. The van der Waals surface area contributed by atoms with Gasteiger partial charge in [-0.3, -0.25) is 14.5 Å². The number of nitrogens with zero attached hydrogens (tertiary/aromatic N) is 2. The molecule has 0 saturated heterocycles. The molecule has 3 N–H and O–H groups in total. The monoisotopic (exact) mass is 472 g/mol. The first kappa shape index (κ1) is 26.4. The number of rotatable bonds is 5. The van der Waals surface area contributed by atoms with Crippen molar-refractivity contribution in [1.82, 2.24) is 15.2 Å². The largest absolute Gasteiger partial charge is 0.465 e. The number of carbonyl (C=O) groups is 4. The van der Waals surface area contributed by atoms with Crippen LogP contribution in [0.5, 0.6) is 0 Å². The Morgan fingerprint density at radius 2 is 1.74 bits per heavy atom. The van der Waals surface area contributed by atoms with E-state index in [0.29, 0.717) is 5.13 Å². The first-order valence-corrected chi connectivity index (χ1v) is 11.1. The van der Waals surface area contributed by atoms with Crippen LogP contribution in [0.25, 0.3) is 0 Å². The number of esters is 1. The summed E-state index contributed by atoms with van der Waals surface area (Å²) in [5.74, 6) is -0.501. The quantitative estimate of drug-likeness (QED) is 0.552. The van der Waals surface area contributed by atoms with Gasteiger partial charge < -0.3 is 20.5 Å². The van der Waals surface area contributed by atoms with E-state index in [2.05, 4.69) is 20.4 Å². The molecule has 1 aliphatic rings. The fourth-order valence-corrected chi connectivity index (χ4v) is 4.50. The Labute approximate surface area is 189 Å². The molecule has 0 fully saturated rings. The maximum Gasteiger partial charge on any atom is 0.413 e. The van der Waals surface area contributed by atoms with E-state index in [0.717, 1.165) is 14.7 Å². The van der Waals surface area contributed by atoms with Crippen LogP contribution in [0.1, 0.15) is 62.8 Å². The number of ether oxygens (including phenoxy) is 1. The zero-order chi connectivity index (χ0) is 23.9. The van der Waals surface area contributed by atoms with E-state index in [1.54, 1.807) is 6.20 Å². The molecule has 1 aromatic heterocycles. The summed E-state index contributed by atoms with van der Waals surface area (Å²) >= 11 is 2.65. The molecule has 1 unspecified atom stereocenters. The number of nitrogens with one attached hydrogen (secondary N) is 2. The minimum absolute atomic E-state index is 0.161. The van der Waals surface area contributed by atoms with Gasteiger partial charge in [-0.05, 0) is 11.8 Å². The SMILES string of the molecule is CC(=O)NC1SC(C(C)C)=CN1C(=O)O.COC(=O)c1nc(NC(C)=O)sc1C(C)C. The van der Waals surface area contributed by atoms with E-state index in [1.807, 2.05) is 27.7 Å². The van der Waals surface area contributed by atoms with E-state index in [-0.39, 0.29) is 29.3 Å². The Morgan fingerprint density at radius 1 is 1.13 bits per heavy atom. The average Bonchev–Trinajstić information content (AvgIpc) is 3.25. The summed E-state index contributed by atoms with van der Waals surface area (Å²) in [4.78, 5) is 51.0. The van der Waals surface area contributed by atoms with Crippen LogP contribution in [0.2, 0.25) is 0 Å².